The summed E-state index contributed by atoms with van der Waals surface area (Å²) in [5.41, 5.74) is 2.69. The Morgan fingerprint density at radius 1 is 1.28 bits per heavy atom. The molecule has 0 aromatic heterocycles. The molecule has 1 amide bonds. The highest BCUT2D eigenvalue weighted by molar-refractivity contribution is 5.94. The molecule has 0 spiro atoms. The fourth-order valence-corrected chi connectivity index (χ4v) is 3.00. The van der Waals surface area contributed by atoms with Crippen LogP contribution < -0.4 is 10.3 Å². The smallest absolute Gasteiger partial charge is 0.251 e. The number of aliphatic hydroxyl groups is 1. The Kier molecular flexibility index (Phi) is 6.01. The first kappa shape index (κ1) is 17.8. The molecule has 0 aliphatic carbocycles. The van der Waals surface area contributed by atoms with Gasteiger partial charge in [0, 0.05) is 50.4 Å². The zero-order valence-electron chi connectivity index (χ0n) is 14.6. The van der Waals surface area contributed by atoms with Crippen LogP contribution in [0.2, 0.25) is 0 Å². The SMILES string of the molecule is CC1=NN(c2ccc(C(=O)NC[C@H](O)CN3CCOCC3)cc2)CC1. The van der Waals surface area contributed by atoms with Crippen LogP contribution >= 0.6 is 0 Å². The number of β-amino-alcohol motifs (C(OH)–C–C–N with tert-alkyl or cyclic N) is 1. The van der Waals surface area contributed by atoms with Crippen LogP contribution in [-0.2, 0) is 4.74 Å². The number of aliphatic hydroxyl groups excluding tert-OH is 1. The van der Waals surface area contributed by atoms with Crippen molar-refractivity contribution in [1.82, 2.24) is 10.2 Å². The fourth-order valence-electron chi connectivity index (χ4n) is 3.00. The van der Waals surface area contributed by atoms with Gasteiger partial charge in [-0.3, -0.25) is 14.7 Å². The minimum absolute atomic E-state index is 0.173. The third-order valence-electron chi connectivity index (χ3n) is 4.48. The molecular formula is C18H26N4O3. The monoisotopic (exact) mass is 346 g/mol. The van der Waals surface area contributed by atoms with Crippen molar-refractivity contribution in [3.05, 3.63) is 29.8 Å². The number of carbonyl (C=O) groups is 1. The average Bonchev–Trinajstić information content (AvgIpc) is 3.07. The van der Waals surface area contributed by atoms with E-state index in [9.17, 15) is 9.90 Å². The highest BCUT2D eigenvalue weighted by Crippen LogP contribution is 2.19. The van der Waals surface area contributed by atoms with E-state index in [-0.39, 0.29) is 12.5 Å². The molecule has 25 heavy (non-hydrogen) atoms. The molecule has 1 aromatic rings. The number of ether oxygens (including phenoxy) is 1. The molecule has 0 saturated carbocycles. The predicted molar refractivity (Wildman–Crippen MR) is 97.1 cm³/mol. The summed E-state index contributed by atoms with van der Waals surface area (Å²) >= 11 is 0. The summed E-state index contributed by atoms with van der Waals surface area (Å²) in [6.45, 7) is 6.74. The van der Waals surface area contributed by atoms with Gasteiger partial charge >= 0.3 is 0 Å². The van der Waals surface area contributed by atoms with Crippen LogP contribution in [0.5, 0.6) is 0 Å². The predicted octanol–water partition coefficient (Wildman–Crippen LogP) is 0.695. The molecule has 1 saturated heterocycles. The van der Waals surface area contributed by atoms with Crippen molar-refractivity contribution in [2.45, 2.75) is 19.4 Å². The average molecular weight is 346 g/mol. The summed E-state index contributed by atoms with van der Waals surface area (Å²) in [5.74, 6) is -0.173. The Hall–Kier alpha value is -1.96. The molecule has 2 heterocycles. The lowest BCUT2D eigenvalue weighted by Crippen LogP contribution is -2.44. The first-order chi connectivity index (χ1) is 12.1. The molecule has 1 fully saturated rings. The number of nitrogens with zero attached hydrogens (tertiary/aromatic N) is 3. The molecule has 2 N–H and O–H groups in total. The van der Waals surface area contributed by atoms with E-state index >= 15 is 0 Å². The van der Waals surface area contributed by atoms with Crippen molar-refractivity contribution in [2.75, 3.05) is 50.9 Å². The van der Waals surface area contributed by atoms with Gasteiger partial charge < -0.3 is 15.2 Å². The normalized spacial score (nSPS) is 19.6. The largest absolute Gasteiger partial charge is 0.390 e. The molecule has 0 radical (unpaired) electrons. The lowest BCUT2D eigenvalue weighted by molar-refractivity contribution is 0.0149. The summed E-state index contributed by atoms with van der Waals surface area (Å²) in [7, 11) is 0. The van der Waals surface area contributed by atoms with Crippen LogP contribution in [0, 0.1) is 0 Å². The number of carbonyl (C=O) groups excluding carboxylic acids is 1. The van der Waals surface area contributed by atoms with E-state index in [0.717, 1.165) is 37.5 Å². The van der Waals surface area contributed by atoms with Gasteiger partial charge in [0.1, 0.15) is 0 Å². The number of hydrogen-bond acceptors (Lipinski definition) is 6. The Balaban J connectivity index is 1.46. The summed E-state index contributed by atoms with van der Waals surface area (Å²) in [6.07, 6.45) is 0.395. The standard InChI is InChI=1S/C18H26N4O3/c1-14-6-7-22(20-14)16-4-2-15(3-5-16)18(24)19-12-17(23)13-21-8-10-25-11-9-21/h2-5,17,23H,6-13H2,1H3,(H,19,24)/t17-/m0/s1. The highest BCUT2D eigenvalue weighted by atomic mass is 16.5. The summed E-state index contributed by atoms with van der Waals surface area (Å²) in [5, 5.41) is 19.3. The highest BCUT2D eigenvalue weighted by Gasteiger charge is 2.16. The molecule has 1 atom stereocenters. The maximum atomic E-state index is 12.2. The molecule has 0 unspecified atom stereocenters. The number of benzene rings is 1. The topological polar surface area (TPSA) is 77.4 Å². The van der Waals surface area contributed by atoms with Crippen LogP contribution in [-0.4, -0.2) is 73.7 Å². The Bertz CT molecular complexity index is 611. The minimum Gasteiger partial charge on any atom is -0.390 e. The maximum absolute atomic E-state index is 12.2. The van der Waals surface area contributed by atoms with E-state index in [2.05, 4.69) is 15.3 Å². The van der Waals surface area contributed by atoms with Crippen LogP contribution in [0.1, 0.15) is 23.7 Å². The molecule has 7 nitrogen and oxygen atoms in total. The maximum Gasteiger partial charge on any atom is 0.251 e. The first-order valence-electron chi connectivity index (χ1n) is 8.80. The van der Waals surface area contributed by atoms with Crippen LogP contribution in [0.4, 0.5) is 5.69 Å². The number of amides is 1. The van der Waals surface area contributed by atoms with Gasteiger partial charge in [-0.15, -0.1) is 0 Å². The Labute approximate surface area is 148 Å². The first-order valence-corrected chi connectivity index (χ1v) is 8.80. The van der Waals surface area contributed by atoms with Crippen molar-refractivity contribution in [1.29, 1.82) is 0 Å². The Morgan fingerprint density at radius 2 is 2.00 bits per heavy atom. The zero-order chi connectivity index (χ0) is 17.6. The van der Waals surface area contributed by atoms with Crippen molar-refractivity contribution in [3.63, 3.8) is 0 Å². The Morgan fingerprint density at radius 3 is 2.64 bits per heavy atom. The fraction of sp³-hybridized carbons (Fsp3) is 0.556. The summed E-state index contributed by atoms with van der Waals surface area (Å²) < 4.78 is 5.29. The number of nitrogens with one attached hydrogen (secondary N) is 1. The van der Waals surface area contributed by atoms with E-state index in [0.29, 0.717) is 25.3 Å². The molecule has 7 heteroatoms. The van der Waals surface area contributed by atoms with E-state index in [4.69, 9.17) is 4.74 Å². The lowest BCUT2D eigenvalue weighted by Gasteiger charge is -2.28. The van der Waals surface area contributed by atoms with Crippen LogP contribution in [0.3, 0.4) is 0 Å². The summed E-state index contributed by atoms with van der Waals surface area (Å²) in [6, 6.07) is 7.40. The van der Waals surface area contributed by atoms with E-state index in [1.165, 1.54) is 0 Å². The van der Waals surface area contributed by atoms with Gasteiger partial charge in [-0.05, 0) is 31.2 Å². The lowest BCUT2D eigenvalue weighted by atomic mass is 10.2. The molecule has 2 aliphatic heterocycles. The second kappa shape index (κ2) is 8.42. The minimum atomic E-state index is -0.580. The molecule has 3 rings (SSSR count). The molecule has 2 aliphatic rings. The van der Waals surface area contributed by atoms with Crippen molar-refractivity contribution < 1.29 is 14.6 Å². The van der Waals surface area contributed by atoms with Gasteiger partial charge in [-0.1, -0.05) is 0 Å². The third-order valence-corrected chi connectivity index (χ3v) is 4.48. The quantitative estimate of drug-likeness (QED) is 0.793. The van der Waals surface area contributed by atoms with Crippen molar-refractivity contribution in [3.8, 4) is 0 Å². The van der Waals surface area contributed by atoms with Gasteiger partial charge in [-0.25, -0.2) is 0 Å². The number of hydrogen-bond donors (Lipinski definition) is 2. The number of morpholine rings is 1. The number of rotatable bonds is 6. The van der Waals surface area contributed by atoms with Gasteiger partial charge in [-0.2, -0.15) is 5.10 Å². The number of anilines is 1. The summed E-state index contributed by atoms with van der Waals surface area (Å²) in [4.78, 5) is 14.4. The van der Waals surface area contributed by atoms with E-state index in [1.54, 1.807) is 12.1 Å². The molecule has 1 aromatic carbocycles. The third kappa shape index (κ3) is 5.01. The van der Waals surface area contributed by atoms with Crippen molar-refractivity contribution >= 4 is 17.3 Å². The van der Waals surface area contributed by atoms with E-state index in [1.807, 2.05) is 24.1 Å². The van der Waals surface area contributed by atoms with Gasteiger partial charge in [0.2, 0.25) is 0 Å². The zero-order valence-corrected chi connectivity index (χ0v) is 14.6. The van der Waals surface area contributed by atoms with Gasteiger partial charge in [0.15, 0.2) is 0 Å². The molecular weight excluding hydrogens is 320 g/mol. The van der Waals surface area contributed by atoms with Gasteiger partial charge in [0.25, 0.3) is 5.91 Å². The number of hydrazone groups is 1. The van der Waals surface area contributed by atoms with Crippen LogP contribution in [0.15, 0.2) is 29.4 Å². The molecule has 136 valence electrons. The second-order valence-corrected chi connectivity index (χ2v) is 6.53. The van der Waals surface area contributed by atoms with Crippen LogP contribution in [0.25, 0.3) is 0 Å². The van der Waals surface area contributed by atoms with Crippen molar-refractivity contribution in [2.24, 2.45) is 5.10 Å². The molecule has 0 bridgehead atoms. The van der Waals surface area contributed by atoms with E-state index < -0.39 is 6.10 Å². The second-order valence-electron chi connectivity index (χ2n) is 6.53. The van der Waals surface area contributed by atoms with Gasteiger partial charge in [0.05, 0.1) is 25.0 Å².